The quantitative estimate of drug-likeness (QED) is 0.166. The van der Waals surface area contributed by atoms with Crippen LogP contribution in [0.3, 0.4) is 0 Å². The van der Waals surface area contributed by atoms with E-state index in [1.54, 1.807) is 0 Å². The summed E-state index contributed by atoms with van der Waals surface area (Å²) < 4.78 is 9.70. The number of aromatic nitrogens is 7. The SMILES string of the molecule is c1ccc(-c2nc(-n3c4ccccc4c4c5c6ccccc6sc5c5ccccc5c43)nc3ccc(-c4ccc5c6c7c8ccccc8n(-c8nc(-c9ccccc9)c9ccccc9n8)c7c7ccccc7c6n(-c6ccccc6)c5c4)cc23)cc1. The summed E-state index contributed by atoms with van der Waals surface area (Å²) in [7, 11) is 0. The minimum Gasteiger partial charge on any atom is -0.309 e. The molecule has 0 aliphatic rings. The lowest BCUT2D eigenvalue weighted by Gasteiger charge is -2.14. The van der Waals surface area contributed by atoms with Gasteiger partial charge in [0.15, 0.2) is 0 Å². The van der Waals surface area contributed by atoms with Crippen LogP contribution in [-0.2, 0) is 0 Å². The third-order valence-electron chi connectivity index (χ3n) is 17.8. The summed E-state index contributed by atoms with van der Waals surface area (Å²) in [6.45, 7) is 0. The molecule has 0 bridgehead atoms. The van der Waals surface area contributed by atoms with Gasteiger partial charge >= 0.3 is 0 Å². The molecule has 86 heavy (non-hydrogen) atoms. The molecule has 8 heteroatoms. The number of rotatable bonds is 6. The Morgan fingerprint density at radius 1 is 0.256 bits per heavy atom. The van der Waals surface area contributed by atoms with E-state index >= 15 is 0 Å². The molecule has 398 valence electrons. The Hall–Kier alpha value is -11.3. The van der Waals surface area contributed by atoms with Gasteiger partial charge in [0.05, 0.1) is 55.5 Å². The molecule has 0 saturated heterocycles. The number of thiophene rings is 1. The highest BCUT2D eigenvalue weighted by Crippen LogP contribution is 2.50. The van der Waals surface area contributed by atoms with Gasteiger partial charge in [0, 0.05) is 102 Å². The molecule has 19 aromatic rings. The Kier molecular flexibility index (Phi) is 9.93. The van der Waals surface area contributed by atoms with Crippen molar-refractivity contribution < 1.29 is 0 Å². The largest absolute Gasteiger partial charge is 0.309 e. The minimum absolute atomic E-state index is 0.631. The summed E-state index contributed by atoms with van der Waals surface area (Å²) in [5, 5.41) is 16.2. The van der Waals surface area contributed by atoms with E-state index < -0.39 is 0 Å². The van der Waals surface area contributed by atoms with Gasteiger partial charge in [0.2, 0.25) is 11.9 Å². The van der Waals surface area contributed by atoms with E-state index in [4.69, 9.17) is 19.9 Å². The van der Waals surface area contributed by atoms with Crippen molar-refractivity contribution in [3.63, 3.8) is 0 Å². The van der Waals surface area contributed by atoms with Crippen LogP contribution in [0.2, 0.25) is 0 Å². The molecule has 0 saturated carbocycles. The lowest BCUT2D eigenvalue weighted by molar-refractivity contribution is 1.02. The molecule has 19 rings (SSSR count). The highest BCUT2D eigenvalue weighted by molar-refractivity contribution is 7.27. The fraction of sp³-hybridized carbons (Fsp3) is 0. The molecule has 0 aliphatic heterocycles. The summed E-state index contributed by atoms with van der Waals surface area (Å²) in [6, 6.07) is 98.1. The molecule has 0 unspecified atom stereocenters. The molecule has 0 aliphatic carbocycles. The zero-order valence-electron chi connectivity index (χ0n) is 46.0. The maximum Gasteiger partial charge on any atom is 0.235 e. The van der Waals surface area contributed by atoms with Crippen molar-refractivity contribution in [2.24, 2.45) is 0 Å². The lowest BCUT2D eigenvalue weighted by Crippen LogP contribution is -2.04. The van der Waals surface area contributed by atoms with Crippen LogP contribution in [0.5, 0.6) is 0 Å². The van der Waals surface area contributed by atoms with Gasteiger partial charge in [0.1, 0.15) is 0 Å². The van der Waals surface area contributed by atoms with E-state index in [0.717, 1.165) is 121 Å². The zero-order valence-corrected chi connectivity index (χ0v) is 46.8. The molecular formula is C78H45N7S. The predicted molar refractivity (Wildman–Crippen MR) is 360 cm³/mol. The van der Waals surface area contributed by atoms with Gasteiger partial charge in [-0.05, 0) is 65.7 Å². The maximum atomic E-state index is 5.70. The first-order valence-electron chi connectivity index (χ1n) is 29.1. The van der Waals surface area contributed by atoms with Crippen molar-refractivity contribution in [2.45, 2.75) is 0 Å². The monoisotopic (exact) mass is 1110 g/mol. The van der Waals surface area contributed by atoms with Crippen LogP contribution in [0.1, 0.15) is 0 Å². The molecule has 7 nitrogen and oxygen atoms in total. The summed E-state index contributed by atoms with van der Waals surface area (Å²) in [6.07, 6.45) is 0. The maximum absolute atomic E-state index is 5.70. The molecule has 13 aromatic carbocycles. The predicted octanol–water partition coefficient (Wildman–Crippen LogP) is 20.5. The molecule has 6 heterocycles. The zero-order chi connectivity index (χ0) is 56.1. The van der Waals surface area contributed by atoms with Gasteiger partial charge in [-0.2, -0.15) is 0 Å². The molecule has 0 radical (unpaired) electrons. The van der Waals surface area contributed by atoms with E-state index in [2.05, 4.69) is 287 Å². The Labute approximate surface area is 495 Å². The third-order valence-corrected chi connectivity index (χ3v) is 19.0. The Morgan fingerprint density at radius 3 is 1.31 bits per heavy atom. The van der Waals surface area contributed by atoms with Gasteiger partial charge < -0.3 is 4.57 Å². The van der Waals surface area contributed by atoms with Crippen molar-refractivity contribution in [1.82, 2.24) is 33.6 Å². The van der Waals surface area contributed by atoms with Crippen LogP contribution in [-0.4, -0.2) is 33.6 Å². The van der Waals surface area contributed by atoms with Crippen molar-refractivity contribution in [1.29, 1.82) is 0 Å². The molecular weight excluding hydrogens is 1070 g/mol. The normalized spacial score (nSPS) is 12.2. The number of hydrogen-bond acceptors (Lipinski definition) is 5. The average molecular weight is 1110 g/mol. The van der Waals surface area contributed by atoms with Crippen molar-refractivity contribution in [2.75, 3.05) is 0 Å². The molecule has 0 amide bonds. The molecule has 6 aromatic heterocycles. The van der Waals surface area contributed by atoms with Crippen LogP contribution >= 0.6 is 11.3 Å². The van der Waals surface area contributed by atoms with E-state index in [0.29, 0.717) is 11.9 Å². The first-order valence-corrected chi connectivity index (χ1v) is 29.9. The standard InChI is InChI=1S/C78H45N7S/c1-4-22-46(23-5-1)71-55-32-14-18-36-61(55)79-77(81-71)84-63-37-19-15-33-56(63)67-68-58-42-40-49(45-65(58)83(50-26-8-3-9-27-50)73(68)51-28-10-11-29-52(51)74(67)84)48-41-43-62-60(44-48)72(47-24-6-2-7-25-47)82-78(80-62)85-64-38-20-16-34-57(64)69-70-59-35-17-21-39-66(59)86-76(70)54-31-13-12-30-53(54)75(69)85/h1-45H. The molecule has 0 atom stereocenters. The van der Waals surface area contributed by atoms with Gasteiger partial charge in [0.25, 0.3) is 0 Å². The fourth-order valence-corrected chi connectivity index (χ4v) is 15.4. The summed E-state index contributed by atoms with van der Waals surface area (Å²) >= 11 is 1.88. The van der Waals surface area contributed by atoms with Crippen LogP contribution in [0.4, 0.5) is 0 Å². The molecule has 0 N–H and O–H groups in total. The Balaban J connectivity index is 0.865. The van der Waals surface area contributed by atoms with Gasteiger partial charge in [-0.25, -0.2) is 19.9 Å². The first kappa shape index (κ1) is 47.2. The number of nitrogens with zero attached hydrogens (tertiary/aromatic N) is 7. The van der Waals surface area contributed by atoms with E-state index in [-0.39, 0.29) is 0 Å². The first-order chi connectivity index (χ1) is 42.7. The van der Waals surface area contributed by atoms with E-state index in [1.165, 1.54) is 47.1 Å². The number of para-hydroxylation sites is 4. The number of benzene rings is 13. The van der Waals surface area contributed by atoms with Gasteiger partial charge in [-0.3, -0.25) is 9.13 Å². The van der Waals surface area contributed by atoms with Gasteiger partial charge in [-0.15, -0.1) is 11.3 Å². The second-order valence-corrected chi connectivity index (χ2v) is 23.5. The summed E-state index contributed by atoms with van der Waals surface area (Å²) in [4.78, 5) is 22.2. The number of fused-ring (bicyclic) bond motifs is 22. The highest BCUT2D eigenvalue weighted by Gasteiger charge is 2.28. The van der Waals surface area contributed by atoms with Crippen LogP contribution in [0, 0.1) is 0 Å². The van der Waals surface area contributed by atoms with Crippen molar-refractivity contribution in [3.8, 4) is 51.2 Å². The summed E-state index contributed by atoms with van der Waals surface area (Å²) in [5.41, 5.74) is 15.4. The smallest absolute Gasteiger partial charge is 0.235 e. The molecule has 0 fully saturated rings. The minimum atomic E-state index is 0.631. The lowest BCUT2D eigenvalue weighted by atomic mass is 9.97. The second-order valence-electron chi connectivity index (χ2n) is 22.4. The topological polar surface area (TPSA) is 66.3 Å². The van der Waals surface area contributed by atoms with Crippen molar-refractivity contribution in [3.05, 3.63) is 273 Å². The summed E-state index contributed by atoms with van der Waals surface area (Å²) in [5.74, 6) is 1.27. The van der Waals surface area contributed by atoms with Crippen LogP contribution < -0.4 is 0 Å². The molecule has 0 spiro atoms. The third kappa shape index (κ3) is 6.67. The Morgan fingerprint density at radius 2 is 0.686 bits per heavy atom. The number of hydrogen-bond donors (Lipinski definition) is 0. The highest BCUT2D eigenvalue weighted by atomic mass is 32.1. The Bertz CT molecular complexity index is 6080. The van der Waals surface area contributed by atoms with Gasteiger partial charge in [-0.1, -0.05) is 218 Å². The van der Waals surface area contributed by atoms with Crippen molar-refractivity contribution >= 4 is 140 Å². The second kappa shape index (κ2) is 18.1. The van der Waals surface area contributed by atoms with Crippen LogP contribution in [0.15, 0.2) is 273 Å². The van der Waals surface area contributed by atoms with E-state index in [9.17, 15) is 0 Å². The van der Waals surface area contributed by atoms with E-state index in [1.807, 2.05) is 11.3 Å². The average Bonchev–Trinajstić information content (AvgIpc) is 1.63. The van der Waals surface area contributed by atoms with Crippen LogP contribution in [0.25, 0.3) is 180 Å². The fourth-order valence-electron chi connectivity index (χ4n) is 14.2.